The molecule has 1 N–H and O–H groups in total. The summed E-state index contributed by atoms with van der Waals surface area (Å²) in [6.45, 7) is 4.23. The molecule has 1 amide bonds. The van der Waals surface area contributed by atoms with Gasteiger partial charge in [0, 0.05) is 29.9 Å². The fourth-order valence-corrected chi connectivity index (χ4v) is 3.39. The molecule has 2 unspecified atom stereocenters. The van der Waals surface area contributed by atoms with Gasteiger partial charge in [-0.05, 0) is 44.4 Å². The number of halogens is 2. The van der Waals surface area contributed by atoms with E-state index in [0.717, 1.165) is 24.6 Å². The SMILES string of the molecule is CC(NC(C)c1ccc(F)cc1F)C(=O)N1CCCc2ccccc21. The lowest BCUT2D eigenvalue weighted by atomic mass is 10.0. The zero-order chi connectivity index (χ0) is 18.0. The molecular formula is C20H22F2N2O. The van der Waals surface area contributed by atoms with Crippen LogP contribution in [0.25, 0.3) is 0 Å². The first-order valence-electron chi connectivity index (χ1n) is 8.57. The van der Waals surface area contributed by atoms with Gasteiger partial charge in [0.05, 0.1) is 6.04 Å². The van der Waals surface area contributed by atoms with Crippen molar-refractivity contribution in [3.63, 3.8) is 0 Å². The molecule has 3 rings (SSSR count). The Balaban J connectivity index is 1.73. The van der Waals surface area contributed by atoms with Gasteiger partial charge in [0.25, 0.3) is 0 Å². The molecule has 0 fully saturated rings. The van der Waals surface area contributed by atoms with Gasteiger partial charge >= 0.3 is 0 Å². The summed E-state index contributed by atoms with van der Waals surface area (Å²) in [6, 6.07) is 10.5. The van der Waals surface area contributed by atoms with Crippen LogP contribution in [0.3, 0.4) is 0 Å². The van der Waals surface area contributed by atoms with Crippen molar-refractivity contribution in [2.45, 2.75) is 38.8 Å². The number of carbonyl (C=O) groups is 1. The molecule has 1 heterocycles. The first kappa shape index (κ1) is 17.5. The lowest BCUT2D eigenvalue weighted by Crippen LogP contribution is -2.47. The third-order valence-electron chi connectivity index (χ3n) is 4.68. The second-order valence-electron chi connectivity index (χ2n) is 6.50. The Kier molecular flexibility index (Phi) is 5.13. The number of fused-ring (bicyclic) bond motifs is 1. The van der Waals surface area contributed by atoms with Crippen molar-refractivity contribution in [3.8, 4) is 0 Å². The van der Waals surface area contributed by atoms with E-state index in [0.29, 0.717) is 12.1 Å². The molecule has 0 saturated carbocycles. The second kappa shape index (κ2) is 7.31. The number of para-hydroxylation sites is 1. The van der Waals surface area contributed by atoms with Crippen molar-refractivity contribution >= 4 is 11.6 Å². The fraction of sp³-hybridized carbons (Fsp3) is 0.350. The topological polar surface area (TPSA) is 32.3 Å². The number of hydrogen-bond acceptors (Lipinski definition) is 2. The number of carbonyl (C=O) groups excluding carboxylic acids is 1. The van der Waals surface area contributed by atoms with E-state index in [1.165, 1.54) is 17.7 Å². The fourth-order valence-electron chi connectivity index (χ4n) is 3.39. The summed E-state index contributed by atoms with van der Waals surface area (Å²) < 4.78 is 27.0. The first-order valence-corrected chi connectivity index (χ1v) is 8.57. The average Bonchev–Trinajstić information content (AvgIpc) is 2.60. The summed E-state index contributed by atoms with van der Waals surface area (Å²) >= 11 is 0. The van der Waals surface area contributed by atoms with Crippen LogP contribution in [0.1, 0.15) is 37.4 Å². The van der Waals surface area contributed by atoms with Crippen molar-refractivity contribution in [1.82, 2.24) is 5.32 Å². The first-order chi connectivity index (χ1) is 12.0. The third-order valence-corrected chi connectivity index (χ3v) is 4.68. The summed E-state index contributed by atoms with van der Waals surface area (Å²) in [6.07, 6.45) is 1.90. The summed E-state index contributed by atoms with van der Waals surface area (Å²) in [5.74, 6) is -1.26. The number of aryl methyl sites for hydroxylation is 1. The maximum absolute atomic E-state index is 13.9. The van der Waals surface area contributed by atoms with E-state index in [1.54, 1.807) is 18.7 Å². The van der Waals surface area contributed by atoms with Crippen LogP contribution >= 0.6 is 0 Å². The lowest BCUT2D eigenvalue weighted by molar-refractivity contribution is -0.120. The monoisotopic (exact) mass is 344 g/mol. The summed E-state index contributed by atoms with van der Waals surface area (Å²) in [4.78, 5) is 14.7. The largest absolute Gasteiger partial charge is 0.311 e. The Morgan fingerprint density at radius 3 is 2.68 bits per heavy atom. The molecule has 3 nitrogen and oxygen atoms in total. The molecule has 0 aromatic heterocycles. The maximum Gasteiger partial charge on any atom is 0.243 e. The molecule has 2 aromatic carbocycles. The number of nitrogens with one attached hydrogen (secondary N) is 1. The van der Waals surface area contributed by atoms with Gasteiger partial charge in [-0.15, -0.1) is 0 Å². The van der Waals surface area contributed by atoms with Crippen LogP contribution in [0.2, 0.25) is 0 Å². The second-order valence-corrected chi connectivity index (χ2v) is 6.50. The Morgan fingerprint density at radius 1 is 1.16 bits per heavy atom. The molecular weight excluding hydrogens is 322 g/mol. The lowest BCUT2D eigenvalue weighted by Gasteiger charge is -2.32. The number of anilines is 1. The normalized spacial score (nSPS) is 16.2. The quantitative estimate of drug-likeness (QED) is 0.910. The van der Waals surface area contributed by atoms with Gasteiger partial charge in [-0.1, -0.05) is 24.3 Å². The van der Waals surface area contributed by atoms with Gasteiger partial charge in [-0.2, -0.15) is 0 Å². The molecule has 1 aliphatic rings. The van der Waals surface area contributed by atoms with Crippen LogP contribution in [0.15, 0.2) is 42.5 Å². The van der Waals surface area contributed by atoms with Gasteiger partial charge in [-0.25, -0.2) is 8.78 Å². The number of amides is 1. The highest BCUT2D eigenvalue weighted by molar-refractivity contribution is 5.98. The van der Waals surface area contributed by atoms with Crippen LogP contribution < -0.4 is 10.2 Å². The minimum atomic E-state index is -0.609. The highest BCUT2D eigenvalue weighted by Crippen LogP contribution is 2.27. The third kappa shape index (κ3) is 3.71. The summed E-state index contributed by atoms with van der Waals surface area (Å²) in [5.41, 5.74) is 2.47. The van der Waals surface area contributed by atoms with Crippen LogP contribution in [0.5, 0.6) is 0 Å². The van der Waals surface area contributed by atoms with Gasteiger partial charge in [-0.3, -0.25) is 10.1 Å². The van der Waals surface area contributed by atoms with Crippen LogP contribution in [0.4, 0.5) is 14.5 Å². The van der Waals surface area contributed by atoms with Crippen molar-refractivity contribution in [3.05, 3.63) is 65.2 Å². The Hall–Kier alpha value is -2.27. The molecule has 25 heavy (non-hydrogen) atoms. The summed E-state index contributed by atoms with van der Waals surface area (Å²) in [7, 11) is 0. The van der Waals surface area contributed by atoms with E-state index in [4.69, 9.17) is 0 Å². The molecule has 0 radical (unpaired) electrons. The Morgan fingerprint density at radius 2 is 1.92 bits per heavy atom. The molecule has 132 valence electrons. The number of hydrogen-bond donors (Lipinski definition) is 1. The molecule has 5 heteroatoms. The van der Waals surface area contributed by atoms with E-state index in [9.17, 15) is 13.6 Å². The molecule has 0 bridgehead atoms. The smallest absolute Gasteiger partial charge is 0.243 e. The molecule has 0 aliphatic carbocycles. The van der Waals surface area contributed by atoms with E-state index >= 15 is 0 Å². The molecule has 1 aliphatic heterocycles. The Labute approximate surface area is 146 Å². The van der Waals surface area contributed by atoms with Crippen molar-refractivity contribution < 1.29 is 13.6 Å². The predicted molar refractivity (Wildman–Crippen MR) is 94.5 cm³/mol. The molecule has 2 aromatic rings. The minimum absolute atomic E-state index is 0.0403. The summed E-state index contributed by atoms with van der Waals surface area (Å²) in [5, 5.41) is 3.13. The zero-order valence-electron chi connectivity index (χ0n) is 14.4. The minimum Gasteiger partial charge on any atom is -0.311 e. The zero-order valence-corrected chi connectivity index (χ0v) is 14.4. The van der Waals surface area contributed by atoms with Crippen molar-refractivity contribution in [2.75, 3.05) is 11.4 Å². The standard InChI is InChI=1S/C20H22F2N2O/c1-13(17-10-9-16(21)12-18(17)22)23-14(2)20(25)24-11-5-7-15-6-3-4-8-19(15)24/h3-4,6,8-10,12-14,23H,5,7,11H2,1-2H3. The number of rotatable bonds is 4. The van der Waals surface area contributed by atoms with E-state index in [-0.39, 0.29) is 5.91 Å². The maximum atomic E-state index is 13.9. The molecule has 0 spiro atoms. The Bertz CT molecular complexity index is 778. The average molecular weight is 344 g/mol. The highest BCUT2D eigenvalue weighted by Gasteiger charge is 2.27. The number of benzene rings is 2. The van der Waals surface area contributed by atoms with Gasteiger partial charge in [0.2, 0.25) is 5.91 Å². The van der Waals surface area contributed by atoms with E-state index in [2.05, 4.69) is 5.32 Å². The highest BCUT2D eigenvalue weighted by atomic mass is 19.1. The van der Waals surface area contributed by atoms with E-state index in [1.807, 2.05) is 24.3 Å². The van der Waals surface area contributed by atoms with Gasteiger partial charge in [0.1, 0.15) is 11.6 Å². The van der Waals surface area contributed by atoms with E-state index < -0.39 is 23.7 Å². The van der Waals surface area contributed by atoms with Crippen molar-refractivity contribution in [1.29, 1.82) is 0 Å². The number of nitrogens with zero attached hydrogens (tertiary/aromatic N) is 1. The van der Waals surface area contributed by atoms with Crippen LogP contribution in [-0.4, -0.2) is 18.5 Å². The molecule has 0 saturated heterocycles. The van der Waals surface area contributed by atoms with Gasteiger partial charge in [0.15, 0.2) is 0 Å². The van der Waals surface area contributed by atoms with Crippen LogP contribution in [-0.2, 0) is 11.2 Å². The molecule has 2 atom stereocenters. The van der Waals surface area contributed by atoms with Crippen molar-refractivity contribution in [2.24, 2.45) is 0 Å². The van der Waals surface area contributed by atoms with Gasteiger partial charge < -0.3 is 4.90 Å². The van der Waals surface area contributed by atoms with Crippen LogP contribution in [0, 0.1) is 11.6 Å². The predicted octanol–water partition coefficient (Wildman–Crippen LogP) is 3.98.